The molecule has 0 spiro atoms. The van der Waals surface area contributed by atoms with Crippen molar-refractivity contribution in [3.63, 3.8) is 0 Å². The van der Waals surface area contributed by atoms with E-state index in [0.717, 1.165) is 5.56 Å². The number of carbonyl (C=O) groups is 2. The second-order valence-electron chi connectivity index (χ2n) is 4.97. The summed E-state index contributed by atoms with van der Waals surface area (Å²) in [5.74, 6) is -0.861. The van der Waals surface area contributed by atoms with E-state index in [9.17, 15) is 9.59 Å². The summed E-state index contributed by atoms with van der Waals surface area (Å²) in [6.07, 6.45) is 0. The lowest BCUT2D eigenvalue weighted by molar-refractivity contribution is -0.143. The van der Waals surface area contributed by atoms with Gasteiger partial charge >= 0.3 is 5.97 Å². The zero-order valence-electron chi connectivity index (χ0n) is 13.1. The van der Waals surface area contributed by atoms with Gasteiger partial charge in [0.1, 0.15) is 0 Å². The average molecular weight is 313 g/mol. The molecule has 0 aliphatic carbocycles. The Kier molecular flexibility index (Phi) is 5.88. The molecule has 2 aromatic carbocycles. The molecule has 0 aliphatic heterocycles. The predicted octanol–water partition coefficient (Wildman–Crippen LogP) is 2.48. The fourth-order valence-electron chi connectivity index (χ4n) is 2.23. The quantitative estimate of drug-likeness (QED) is 0.832. The Morgan fingerprint density at radius 1 is 1.04 bits per heavy atom. The first kappa shape index (κ1) is 16.7. The minimum absolute atomic E-state index is 0.345. The van der Waals surface area contributed by atoms with E-state index in [2.05, 4.69) is 5.32 Å². The van der Waals surface area contributed by atoms with Crippen LogP contribution >= 0.6 is 0 Å². The highest BCUT2D eigenvalue weighted by Gasteiger charge is 2.23. The molecule has 23 heavy (non-hydrogen) atoms. The molecule has 0 fully saturated rings. The number of nitrogens with one attached hydrogen (secondary N) is 1. The molecule has 1 N–H and O–H groups in total. The van der Waals surface area contributed by atoms with Crippen LogP contribution in [0, 0.1) is 0 Å². The molecule has 0 radical (unpaired) electrons. The summed E-state index contributed by atoms with van der Waals surface area (Å²) in [7, 11) is 2.89. The van der Waals surface area contributed by atoms with Crippen molar-refractivity contribution in [3.8, 4) is 0 Å². The lowest BCUT2D eigenvalue weighted by atomic mass is 10.1. The fraction of sp³-hybridized carbons (Fsp3) is 0.222. The molecule has 120 valence electrons. The first-order valence-corrected chi connectivity index (χ1v) is 7.17. The molecule has 0 saturated heterocycles. The first-order chi connectivity index (χ1) is 11.2. The third kappa shape index (κ3) is 4.40. The smallest absolute Gasteiger partial charge is 0.333 e. The van der Waals surface area contributed by atoms with Gasteiger partial charge in [-0.25, -0.2) is 4.79 Å². The molecule has 0 saturated carbocycles. The molecule has 0 aromatic heterocycles. The monoisotopic (exact) mass is 313 g/mol. The summed E-state index contributed by atoms with van der Waals surface area (Å²) in [4.78, 5) is 24.4. The predicted molar refractivity (Wildman–Crippen MR) is 85.8 cm³/mol. The van der Waals surface area contributed by atoms with E-state index in [1.165, 1.54) is 7.11 Å². The largest absolute Gasteiger partial charge is 0.467 e. The van der Waals surface area contributed by atoms with Crippen LogP contribution in [0.5, 0.6) is 0 Å². The van der Waals surface area contributed by atoms with E-state index in [0.29, 0.717) is 17.7 Å². The van der Waals surface area contributed by atoms with Crippen LogP contribution in [0.1, 0.15) is 27.5 Å². The number of methoxy groups -OCH3 is 2. The third-order valence-corrected chi connectivity index (χ3v) is 3.35. The summed E-state index contributed by atoms with van der Waals surface area (Å²) in [5.41, 5.74) is 2.01. The summed E-state index contributed by atoms with van der Waals surface area (Å²) in [5, 5.41) is 2.72. The second-order valence-corrected chi connectivity index (χ2v) is 4.97. The SMILES string of the molecule is COCc1cccc(C(=O)N[C@@H](C(=O)OC)c2ccccc2)c1. The summed E-state index contributed by atoms with van der Waals surface area (Å²) < 4.78 is 9.86. The van der Waals surface area contributed by atoms with Gasteiger partial charge < -0.3 is 14.8 Å². The maximum absolute atomic E-state index is 12.4. The van der Waals surface area contributed by atoms with E-state index in [4.69, 9.17) is 9.47 Å². The van der Waals surface area contributed by atoms with Crippen molar-refractivity contribution in [3.05, 3.63) is 71.3 Å². The summed E-state index contributed by atoms with van der Waals surface area (Å²) >= 11 is 0. The number of ether oxygens (including phenoxy) is 2. The average Bonchev–Trinajstić information content (AvgIpc) is 2.60. The molecule has 2 rings (SSSR count). The van der Waals surface area contributed by atoms with E-state index in [-0.39, 0.29) is 5.91 Å². The number of carbonyl (C=O) groups excluding carboxylic acids is 2. The minimum atomic E-state index is -0.847. The number of hydrogen-bond acceptors (Lipinski definition) is 4. The topological polar surface area (TPSA) is 64.6 Å². The van der Waals surface area contributed by atoms with Gasteiger partial charge in [-0.05, 0) is 23.3 Å². The Labute approximate surface area is 135 Å². The highest BCUT2D eigenvalue weighted by Crippen LogP contribution is 2.16. The van der Waals surface area contributed by atoms with Crippen molar-refractivity contribution < 1.29 is 19.1 Å². The number of esters is 1. The van der Waals surface area contributed by atoms with Crippen molar-refractivity contribution in [2.24, 2.45) is 0 Å². The van der Waals surface area contributed by atoms with Crippen LogP contribution < -0.4 is 5.32 Å². The summed E-state index contributed by atoms with van der Waals surface area (Å²) in [6, 6.07) is 15.2. The Hall–Kier alpha value is -2.66. The molecule has 1 atom stereocenters. The minimum Gasteiger partial charge on any atom is -0.467 e. The molecule has 0 unspecified atom stereocenters. The van der Waals surface area contributed by atoms with Crippen LogP contribution in [0.25, 0.3) is 0 Å². The van der Waals surface area contributed by atoms with Crippen LogP contribution in [0.4, 0.5) is 0 Å². The molecule has 0 aliphatic rings. The van der Waals surface area contributed by atoms with Gasteiger partial charge in [-0.2, -0.15) is 0 Å². The number of hydrogen-bond donors (Lipinski definition) is 1. The summed E-state index contributed by atoms with van der Waals surface area (Å²) in [6.45, 7) is 0.417. The number of amides is 1. The van der Waals surface area contributed by atoms with Gasteiger partial charge in [0, 0.05) is 12.7 Å². The molecule has 5 nitrogen and oxygen atoms in total. The third-order valence-electron chi connectivity index (χ3n) is 3.35. The maximum atomic E-state index is 12.4. The van der Waals surface area contributed by atoms with Gasteiger partial charge in [0.05, 0.1) is 13.7 Å². The van der Waals surface area contributed by atoms with E-state index < -0.39 is 12.0 Å². The van der Waals surface area contributed by atoms with Gasteiger partial charge in [-0.3, -0.25) is 4.79 Å². The highest BCUT2D eigenvalue weighted by molar-refractivity contribution is 5.97. The lowest BCUT2D eigenvalue weighted by Crippen LogP contribution is -2.34. The zero-order valence-corrected chi connectivity index (χ0v) is 13.1. The molecular formula is C18H19NO4. The zero-order chi connectivity index (χ0) is 16.7. The highest BCUT2D eigenvalue weighted by atomic mass is 16.5. The van der Waals surface area contributed by atoms with Gasteiger partial charge in [0.2, 0.25) is 0 Å². The van der Waals surface area contributed by atoms with Crippen molar-refractivity contribution >= 4 is 11.9 Å². The first-order valence-electron chi connectivity index (χ1n) is 7.17. The Morgan fingerprint density at radius 2 is 1.78 bits per heavy atom. The van der Waals surface area contributed by atoms with Gasteiger partial charge in [0.25, 0.3) is 5.91 Å². The Bertz CT molecular complexity index is 670. The van der Waals surface area contributed by atoms with E-state index in [1.807, 2.05) is 12.1 Å². The van der Waals surface area contributed by atoms with Crippen LogP contribution in [0.3, 0.4) is 0 Å². The van der Waals surface area contributed by atoms with Gasteiger partial charge in [0.15, 0.2) is 6.04 Å². The van der Waals surface area contributed by atoms with E-state index in [1.54, 1.807) is 49.6 Å². The Morgan fingerprint density at radius 3 is 2.43 bits per heavy atom. The molecular weight excluding hydrogens is 294 g/mol. The standard InChI is InChI=1S/C18H19NO4/c1-22-12-13-7-6-10-15(11-13)17(20)19-16(18(21)23-2)14-8-4-3-5-9-14/h3-11,16H,12H2,1-2H3,(H,19,20)/t16-/m1/s1. The number of rotatable bonds is 6. The van der Waals surface area contributed by atoms with Gasteiger partial charge in [-0.15, -0.1) is 0 Å². The Balaban J connectivity index is 2.21. The van der Waals surface area contributed by atoms with Crippen molar-refractivity contribution in [1.29, 1.82) is 0 Å². The van der Waals surface area contributed by atoms with Crippen molar-refractivity contribution in [2.45, 2.75) is 12.6 Å². The van der Waals surface area contributed by atoms with E-state index >= 15 is 0 Å². The second kappa shape index (κ2) is 8.10. The van der Waals surface area contributed by atoms with Crippen LogP contribution in [-0.2, 0) is 20.9 Å². The normalized spacial score (nSPS) is 11.6. The van der Waals surface area contributed by atoms with Crippen LogP contribution in [-0.4, -0.2) is 26.1 Å². The molecule has 0 bridgehead atoms. The lowest BCUT2D eigenvalue weighted by Gasteiger charge is -2.17. The molecule has 2 aromatic rings. The maximum Gasteiger partial charge on any atom is 0.333 e. The number of benzene rings is 2. The molecule has 5 heteroatoms. The van der Waals surface area contributed by atoms with Crippen molar-refractivity contribution in [1.82, 2.24) is 5.32 Å². The van der Waals surface area contributed by atoms with Crippen molar-refractivity contribution in [2.75, 3.05) is 14.2 Å². The van der Waals surface area contributed by atoms with Gasteiger partial charge in [-0.1, -0.05) is 42.5 Å². The molecule has 1 amide bonds. The van der Waals surface area contributed by atoms with Crippen LogP contribution in [0.2, 0.25) is 0 Å². The molecule has 0 heterocycles. The van der Waals surface area contributed by atoms with Crippen LogP contribution in [0.15, 0.2) is 54.6 Å². The fourth-order valence-corrected chi connectivity index (χ4v) is 2.23.